The van der Waals surface area contributed by atoms with Gasteiger partial charge in [0.1, 0.15) is 5.82 Å². The summed E-state index contributed by atoms with van der Waals surface area (Å²) in [5, 5.41) is 3.20. The molecule has 3 rings (SSSR count). The summed E-state index contributed by atoms with van der Waals surface area (Å²) in [7, 11) is 1.66. The molecule has 0 radical (unpaired) electrons. The van der Waals surface area contributed by atoms with E-state index in [-0.39, 0.29) is 5.82 Å². The number of anilines is 1. The van der Waals surface area contributed by atoms with Crippen molar-refractivity contribution in [1.29, 1.82) is 0 Å². The molecule has 0 bridgehead atoms. The van der Waals surface area contributed by atoms with Crippen LogP contribution >= 0.6 is 0 Å². The molecule has 0 unspecified atom stereocenters. The lowest BCUT2D eigenvalue weighted by Gasteiger charge is -2.12. The van der Waals surface area contributed by atoms with Crippen molar-refractivity contribution >= 4 is 5.82 Å². The van der Waals surface area contributed by atoms with Crippen LogP contribution in [0.15, 0.2) is 30.5 Å². The molecule has 1 aliphatic heterocycles. The van der Waals surface area contributed by atoms with E-state index in [2.05, 4.69) is 10.3 Å². The fourth-order valence-corrected chi connectivity index (χ4v) is 2.49. The fraction of sp³-hybridized carbons (Fsp3) is 0.312. The molecule has 0 fully saturated rings. The lowest BCUT2D eigenvalue weighted by Crippen LogP contribution is -2.09. The summed E-state index contributed by atoms with van der Waals surface area (Å²) in [5.41, 5.74) is 2.84. The van der Waals surface area contributed by atoms with Crippen LogP contribution in [0.2, 0.25) is 0 Å². The summed E-state index contributed by atoms with van der Waals surface area (Å²) in [6.07, 6.45) is 2.58. The first-order valence-electron chi connectivity index (χ1n) is 6.93. The first-order valence-corrected chi connectivity index (χ1v) is 6.93. The molecule has 0 aliphatic carbocycles. The van der Waals surface area contributed by atoms with Crippen LogP contribution in [-0.4, -0.2) is 31.9 Å². The van der Waals surface area contributed by atoms with Crippen molar-refractivity contribution in [3.63, 3.8) is 0 Å². The van der Waals surface area contributed by atoms with Crippen LogP contribution in [0.4, 0.5) is 10.2 Å². The minimum Gasteiger partial charge on any atom is -0.489 e. The standard InChI is InChI=1S/C16H17FN2O2/c1-20-8-6-18-16-15-13(5-7-21-15)14(10-19-16)11-3-2-4-12(17)9-11/h2-4,9-10H,5-8H2,1H3,(H,18,19). The molecule has 1 N–H and O–H groups in total. The molecule has 2 heterocycles. The Bertz CT molecular complexity index is 646. The number of ether oxygens (including phenoxy) is 2. The Balaban J connectivity index is 1.95. The average molecular weight is 288 g/mol. The molecule has 110 valence electrons. The van der Waals surface area contributed by atoms with Gasteiger partial charge in [0.05, 0.1) is 13.2 Å². The third kappa shape index (κ3) is 2.83. The Morgan fingerprint density at radius 1 is 1.43 bits per heavy atom. The van der Waals surface area contributed by atoms with Gasteiger partial charge in [-0.3, -0.25) is 0 Å². The number of halogens is 1. The summed E-state index contributed by atoms with van der Waals surface area (Å²) >= 11 is 0. The lowest BCUT2D eigenvalue weighted by atomic mass is 10.00. The molecule has 1 aromatic heterocycles. The van der Waals surface area contributed by atoms with Crippen molar-refractivity contribution in [3.8, 4) is 16.9 Å². The van der Waals surface area contributed by atoms with Gasteiger partial charge in [-0.15, -0.1) is 0 Å². The summed E-state index contributed by atoms with van der Waals surface area (Å²) in [4.78, 5) is 4.41. The molecule has 1 aliphatic rings. The Kier molecular flexibility index (Phi) is 4.01. The number of nitrogens with one attached hydrogen (secondary N) is 1. The summed E-state index contributed by atoms with van der Waals surface area (Å²) in [5.74, 6) is 1.25. The van der Waals surface area contributed by atoms with Crippen molar-refractivity contribution in [2.24, 2.45) is 0 Å². The summed E-state index contributed by atoms with van der Waals surface area (Å²) in [6.45, 7) is 1.89. The number of pyridine rings is 1. The first-order chi connectivity index (χ1) is 10.3. The van der Waals surface area contributed by atoms with Crippen LogP contribution in [-0.2, 0) is 11.2 Å². The van der Waals surface area contributed by atoms with Gasteiger partial charge in [-0.25, -0.2) is 9.37 Å². The molecule has 0 spiro atoms. The number of nitrogens with zero attached hydrogens (tertiary/aromatic N) is 1. The monoisotopic (exact) mass is 288 g/mol. The van der Waals surface area contributed by atoms with Gasteiger partial charge in [-0.05, 0) is 17.7 Å². The Morgan fingerprint density at radius 2 is 2.33 bits per heavy atom. The number of hydrogen-bond acceptors (Lipinski definition) is 4. The minimum absolute atomic E-state index is 0.248. The van der Waals surface area contributed by atoms with Gasteiger partial charge in [-0.1, -0.05) is 12.1 Å². The highest BCUT2D eigenvalue weighted by Crippen LogP contribution is 2.38. The van der Waals surface area contributed by atoms with Gasteiger partial charge >= 0.3 is 0 Å². The highest BCUT2D eigenvalue weighted by molar-refractivity contribution is 5.74. The Labute approximate surface area is 122 Å². The molecule has 21 heavy (non-hydrogen) atoms. The molecule has 0 saturated heterocycles. The minimum atomic E-state index is -0.248. The number of benzene rings is 1. The van der Waals surface area contributed by atoms with E-state index in [1.807, 2.05) is 6.07 Å². The summed E-state index contributed by atoms with van der Waals surface area (Å²) < 4.78 is 24.1. The van der Waals surface area contributed by atoms with Gasteiger partial charge in [0, 0.05) is 37.4 Å². The third-order valence-electron chi connectivity index (χ3n) is 3.47. The van der Waals surface area contributed by atoms with Crippen molar-refractivity contribution in [1.82, 2.24) is 4.98 Å². The quantitative estimate of drug-likeness (QED) is 0.859. The van der Waals surface area contributed by atoms with Crippen LogP contribution < -0.4 is 10.1 Å². The van der Waals surface area contributed by atoms with Crippen LogP contribution in [0.1, 0.15) is 5.56 Å². The SMILES string of the molecule is COCCNc1ncc(-c2cccc(F)c2)c2c1OCC2. The smallest absolute Gasteiger partial charge is 0.169 e. The van der Waals surface area contributed by atoms with Crippen LogP contribution in [0.3, 0.4) is 0 Å². The van der Waals surface area contributed by atoms with E-state index in [9.17, 15) is 4.39 Å². The fourth-order valence-electron chi connectivity index (χ4n) is 2.49. The second-order valence-corrected chi connectivity index (χ2v) is 4.86. The molecule has 1 aromatic carbocycles. The molecular formula is C16H17FN2O2. The second-order valence-electron chi connectivity index (χ2n) is 4.86. The average Bonchev–Trinajstić information content (AvgIpc) is 2.97. The highest BCUT2D eigenvalue weighted by atomic mass is 19.1. The van der Waals surface area contributed by atoms with Crippen molar-refractivity contribution in [2.45, 2.75) is 6.42 Å². The van der Waals surface area contributed by atoms with E-state index in [0.29, 0.717) is 19.8 Å². The Hall–Kier alpha value is -2.14. The number of methoxy groups -OCH3 is 1. The predicted octanol–water partition coefficient (Wildman–Crippen LogP) is 2.88. The van der Waals surface area contributed by atoms with Gasteiger partial charge in [0.15, 0.2) is 11.6 Å². The number of rotatable bonds is 5. The van der Waals surface area contributed by atoms with Crippen LogP contribution in [0.25, 0.3) is 11.1 Å². The number of hydrogen-bond donors (Lipinski definition) is 1. The van der Waals surface area contributed by atoms with Crippen molar-refractivity contribution in [3.05, 3.63) is 41.8 Å². The molecule has 5 heteroatoms. The number of aromatic nitrogens is 1. The van der Waals surface area contributed by atoms with E-state index in [1.165, 1.54) is 12.1 Å². The summed E-state index contributed by atoms with van der Waals surface area (Å²) in [6, 6.07) is 6.55. The zero-order chi connectivity index (χ0) is 14.7. The molecular weight excluding hydrogens is 271 g/mol. The van der Waals surface area contributed by atoms with E-state index in [4.69, 9.17) is 9.47 Å². The van der Waals surface area contributed by atoms with E-state index in [0.717, 1.165) is 34.7 Å². The Morgan fingerprint density at radius 3 is 3.14 bits per heavy atom. The van der Waals surface area contributed by atoms with Gasteiger partial charge < -0.3 is 14.8 Å². The molecule has 0 saturated carbocycles. The maximum atomic E-state index is 13.4. The van der Waals surface area contributed by atoms with Gasteiger partial charge in [0.2, 0.25) is 0 Å². The zero-order valence-electron chi connectivity index (χ0n) is 11.9. The lowest BCUT2D eigenvalue weighted by molar-refractivity contribution is 0.210. The molecule has 0 amide bonds. The maximum Gasteiger partial charge on any atom is 0.169 e. The number of fused-ring (bicyclic) bond motifs is 1. The van der Waals surface area contributed by atoms with Crippen LogP contribution in [0, 0.1) is 5.82 Å². The topological polar surface area (TPSA) is 43.4 Å². The highest BCUT2D eigenvalue weighted by Gasteiger charge is 2.22. The molecule has 2 aromatic rings. The van der Waals surface area contributed by atoms with E-state index in [1.54, 1.807) is 19.4 Å². The van der Waals surface area contributed by atoms with E-state index < -0.39 is 0 Å². The largest absolute Gasteiger partial charge is 0.489 e. The van der Waals surface area contributed by atoms with Crippen molar-refractivity contribution in [2.75, 3.05) is 32.2 Å². The van der Waals surface area contributed by atoms with E-state index >= 15 is 0 Å². The second kappa shape index (κ2) is 6.10. The van der Waals surface area contributed by atoms with Crippen LogP contribution in [0.5, 0.6) is 5.75 Å². The molecule has 0 atom stereocenters. The van der Waals surface area contributed by atoms with Crippen molar-refractivity contribution < 1.29 is 13.9 Å². The zero-order valence-corrected chi connectivity index (χ0v) is 11.9. The van der Waals surface area contributed by atoms with Gasteiger partial charge in [0.25, 0.3) is 0 Å². The maximum absolute atomic E-state index is 13.4. The first kappa shape index (κ1) is 13.8. The normalized spacial score (nSPS) is 12.9. The molecule has 4 nitrogen and oxygen atoms in total. The van der Waals surface area contributed by atoms with Gasteiger partial charge in [-0.2, -0.15) is 0 Å². The third-order valence-corrected chi connectivity index (χ3v) is 3.47. The predicted molar refractivity (Wildman–Crippen MR) is 79.2 cm³/mol.